The van der Waals surface area contributed by atoms with Crippen LogP contribution in [0.3, 0.4) is 0 Å². The summed E-state index contributed by atoms with van der Waals surface area (Å²) >= 11 is 12.6. The summed E-state index contributed by atoms with van der Waals surface area (Å²) in [6.07, 6.45) is 0.692. The molecule has 4 rings (SSSR count). The molecule has 0 fully saturated rings. The Morgan fingerprint density at radius 1 is 0.886 bits per heavy atom. The molecule has 0 aliphatic rings. The second kappa shape index (κ2) is 11.7. The molecule has 0 amide bonds. The van der Waals surface area contributed by atoms with Crippen LogP contribution in [-0.4, -0.2) is 22.1 Å². The Bertz CT molecular complexity index is 1340. The van der Waals surface area contributed by atoms with Gasteiger partial charge in [0.25, 0.3) is 5.56 Å². The number of hydrogen-bond acceptors (Lipinski definition) is 5. The van der Waals surface area contributed by atoms with E-state index < -0.39 is 11.5 Å². The molecule has 0 saturated carbocycles. The van der Waals surface area contributed by atoms with E-state index in [4.69, 9.17) is 27.9 Å². The molecule has 0 spiro atoms. The number of anilines is 1. The van der Waals surface area contributed by atoms with Crippen molar-refractivity contribution in [2.24, 2.45) is 0 Å². The smallest absolute Gasteiger partial charge is 0.326 e. The number of esters is 1. The molecule has 3 aromatic carbocycles. The van der Waals surface area contributed by atoms with Crippen LogP contribution in [0, 0.1) is 0 Å². The maximum atomic E-state index is 13.4. The van der Waals surface area contributed by atoms with Crippen LogP contribution in [0.25, 0.3) is 11.3 Å². The largest absolute Gasteiger partial charge is 0.459 e. The minimum Gasteiger partial charge on any atom is -0.459 e. The fraction of sp³-hybridized carbons (Fsp3) is 0.148. The van der Waals surface area contributed by atoms with Crippen molar-refractivity contribution in [2.45, 2.75) is 19.6 Å². The van der Waals surface area contributed by atoms with Gasteiger partial charge in [-0.15, -0.1) is 0 Å². The molecule has 1 aromatic heterocycles. The van der Waals surface area contributed by atoms with Crippen molar-refractivity contribution in [3.8, 4) is 11.3 Å². The highest BCUT2D eigenvalue weighted by Crippen LogP contribution is 2.27. The summed E-state index contributed by atoms with van der Waals surface area (Å²) in [5.41, 5.74) is 2.43. The van der Waals surface area contributed by atoms with Gasteiger partial charge in [-0.2, -0.15) is 0 Å². The summed E-state index contributed by atoms with van der Waals surface area (Å²) in [6.45, 7) is 0.256. The van der Waals surface area contributed by atoms with Crippen LogP contribution in [0.2, 0.25) is 10.2 Å². The van der Waals surface area contributed by atoms with E-state index in [9.17, 15) is 9.59 Å². The quantitative estimate of drug-likeness (QED) is 0.298. The maximum Gasteiger partial charge on any atom is 0.326 e. The first-order valence-electron chi connectivity index (χ1n) is 11.0. The first-order chi connectivity index (χ1) is 17.0. The van der Waals surface area contributed by atoms with Gasteiger partial charge in [0.15, 0.2) is 11.0 Å². The van der Waals surface area contributed by atoms with E-state index in [0.717, 1.165) is 11.1 Å². The molecule has 1 N–H and O–H groups in total. The van der Waals surface area contributed by atoms with Crippen LogP contribution < -0.4 is 10.9 Å². The highest BCUT2D eigenvalue weighted by Gasteiger charge is 2.20. The van der Waals surface area contributed by atoms with E-state index in [0.29, 0.717) is 29.2 Å². The van der Waals surface area contributed by atoms with E-state index in [1.165, 1.54) is 4.57 Å². The Kier molecular flexibility index (Phi) is 8.19. The number of nitrogens with zero attached hydrogens (tertiary/aromatic N) is 2. The number of carbonyl (C=O) groups excluding carboxylic acids is 1. The van der Waals surface area contributed by atoms with Gasteiger partial charge in [0.05, 0.1) is 5.69 Å². The third kappa shape index (κ3) is 6.50. The summed E-state index contributed by atoms with van der Waals surface area (Å²) in [7, 11) is 0. The molecule has 35 heavy (non-hydrogen) atoms. The number of rotatable bonds is 9. The molecule has 8 heteroatoms. The molecule has 4 aromatic rings. The Morgan fingerprint density at radius 2 is 1.51 bits per heavy atom. The SMILES string of the molecule is O=C(Cn1c(-c2ccc(Cl)cc2)c(Cl)nc(NCCc2ccccc2)c1=O)OCc1ccccc1. The molecule has 0 radical (unpaired) electrons. The van der Waals surface area contributed by atoms with E-state index >= 15 is 0 Å². The Morgan fingerprint density at radius 3 is 2.17 bits per heavy atom. The van der Waals surface area contributed by atoms with Crippen molar-refractivity contribution in [1.82, 2.24) is 9.55 Å². The van der Waals surface area contributed by atoms with Gasteiger partial charge in [0.1, 0.15) is 13.2 Å². The minimum absolute atomic E-state index is 0.0690. The van der Waals surface area contributed by atoms with Crippen molar-refractivity contribution < 1.29 is 9.53 Å². The van der Waals surface area contributed by atoms with Gasteiger partial charge in [-0.05, 0) is 29.7 Å². The predicted octanol–water partition coefficient (Wildman–Crippen LogP) is 5.62. The molecule has 0 unspecified atom stereocenters. The fourth-order valence-corrected chi connectivity index (χ4v) is 3.99. The van der Waals surface area contributed by atoms with Gasteiger partial charge in [-0.25, -0.2) is 4.98 Å². The zero-order chi connectivity index (χ0) is 24.6. The molecule has 0 bridgehead atoms. The second-order valence-electron chi connectivity index (χ2n) is 7.81. The lowest BCUT2D eigenvalue weighted by molar-refractivity contribution is -0.145. The van der Waals surface area contributed by atoms with E-state index in [-0.39, 0.29) is 24.1 Å². The van der Waals surface area contributed by atoms with Crippen LogP contribution in [0.1, 0.15) is 11.1 Å². The Labute approximate surface area is 213 Å². The first-order valence-corrected chi connectivity index (χ1v) is 11.8. The van der Waals surface area contributed by atoms with Crippen LogP contribution in [0.4, 0.5) is 5.82 Å². The summed E-state index contributed by atoms with van der Waals surface area (Å²) < 4.78 is 6.70. The lowest BCUT2D eigenvalue weighted by Gasteiger charge is -2.16. The lowest BCUT2D eigenvalue weighted by atomic mass is 10.1. The average Bonchev–Trinajstić information content (AvgIpc) is 2.88. The molecular weight excluding hydrogens is 485 g/mol. The molecule has 0 aliphatic heterocycles. The number of nitrogens with one attached hydrogen (secondary N) is 1. The third-order valence-corrected chi connectivity index (χ3v) is 5.83. The zero-order valence-electron chi connectivity index (χ0n) is 18.8. The van der Waals surface area contributed by atoms with E-state index in [1.807, 2.05) is 60.7 Å². The van der Waals surface area contributed by atoms with E-state index in [2.05, 4.69) is 10.3 Å². The van der Waals surface area contributed by atoms with Crippen LogP contribution >= 0.6 is 23.2 Å². The fourth-order valence-electron chi connectivity index (χ4n) is 3.57. The van der Waals surface area contributed by atoms with Crippen LogP contribution in [0.5, 0.6) is 0 Å². The highest BCUT2D eigenvalue weighted by atomic mass is 35.5. The first kappa shape index (κ1) is 24.5. The lowest BCUT2D eigenvalue weighted by Crippen LogP contribution is -2.30. The van der Waals surface area contributed by atoms with Crippen molar-refractivity contribution in [2.75, 3.05) is 11.9 Å². The van der Waals surface area contributed by atoms with Crippen molar-refractivity contribution in [3.05, 3.63) is 117 Å². The van der Waals surface area contributed by atoms with Crippen LogP contribution in [-0.2, 0) is 29.1 Å². The van der Waals surface area contributed by atoms with Gasteiger partial charge >= 0.3 is 5.97 Å². The Balaban J connectivity index is 1.60. The molecule has 178 valence electrons. The molecular formula is C27H23Cl2N3O3. The van der Waals surface area contributed by atoms with E-state index in [1.54, 1.807) is 24.3 Å². The second-order valence-corrected chi connectivity index (χ2v) is 8.60. The number of aromatic nitrogens is 2. The van der Waals surface area contributed by atoms with Crippen molar-refractivity contribution in [3.63, 3.8) is 0 Å². The van der Waals surface area contributed by atoms with Gasteiger partial charge in [-0.1, -0.05) is 96.0 Å². The number of hydrogen-bond donors (Lipinski definition) is 1. The van der Waals surface area contributed by atoms with Crippen LogP contribution in [0.15, 0.2) is 89.7 Å². The average molecular weight is 508 g/mol. The van der Waals surface area contributed by atoms with Gasteiger partial charge in [0, 0.05) is 17.1 Å². The summed E-state index contributed by atoms with van der Waals surface area (Å²) in [5, 5.41) is 3.68. The zero-order valence-corrected chi connectivity index (χ0v) is 20.3. The molecule has 0 aliphatic carbocycles. The standard InChI is InChI=1S/C27H23Cl2N3O3/c28-22-13-11-21(12-14-22)24-25(29)31-26(30-16-15-19-7-3-1-4-8-19)27(34)32(24)17-23(33)35-18-20-9-5-2-6-10-20/h1-14H,15-18H2,(H,30,31). The third-order valence-electron chi connectivity index (χ3n) is 5.32. The predicted molar refractivity (Wildman–Crippen MR) is 139 cm³/mol. The molecule has 0 saturated heterocycles. The number of carbonyl (C=O) groups is 1. The minimum atomic E-state index is -0.566. The van der Waals surface area contributed by atoms with Crippen molar-refractivity contribution in [1.29, 1.82) is 0 Å². The number of ether oxygens (including phenoxy) is 1. The number of halogens is 2. The Hall–Kier alpha value is -3.61. The van der Waals surface area contributed by atoms with Gasteiger partial charge in [-0.3, -0.25) is 14.2 Å². The summed E-state index contributed by atoms with van der Waals surface area (Å²) in [6, 6.07) is 26.0. The molecule has 1 heterocycles. The number of benzene rings is 3. The van der Waals surface area contributed by atoms with Gasteiger partial charge < -0.3 is 10.1 Å². The molecule has 0 atom stereocenters. The highest BCUT2D eigenvalue weighted by molar-refractivity contribution is 6.32. The summed E-state index contributed by atoms with van der Waals surface area (Å²) in [5.74, 6) is -0.497. The monoisotopic (exact) mass is 507 g/mol. The molecule has 6 nitrogen and oxygen atoms in total. The topological polar surface area (TPSA) is 73.2 Å². The van der Waals surface area contributed by atoms with Crippen molar-refractivity contribution >= 4 is 35.0 Å². The normalized spacial score (nSPS) is 10.7. The summed E-state index contributed by atoms with van der Waals surface area (Å²) in [4.78, 5) is 30.4. The maximum absolute atomic E-state index is 13.4. The van der Waals surface area contributed by atoms with Gasteiger partial charge in [0.2, 0.25) is 0 Å².